The van der Waals surface area contributed by atoms with Gasteiger partial charge in [0, 0.05) is 12.2 Å². The number of carbonyl (C=O) groups is 1. The SMILES string of the molecule is Cc1ccc(OC(C)C(=O)Nc2ccccc2CN)cc1C. The molecule has 0 aliphatic rings. The quantitative estimate of drug-likeness (QED) is 0.891. The van der Waals surface area contributed by atoms with E-state index in [4.69, 9.17) is 10.5 Å². The zero-order valence-corrected chi connectivity index (χ0v) is 13.2. The number of rotatable bonds is 5. The third-order valence-corrected chi connectivity index (χ3v) is 3.66. The topological polar surface area (TPSA) is 64.3 Å². The summed E-state index contributed by atoms with van der Waals surface area (Å²) in [6.45, 7) is 6.17. The lowest BCUT2D eigenvalue weighted by molar-refractivity contribution is -0.122. The number of anilines is 1. The summed E-state index contributed by atoms with van der Waals surface area (Å²) in [4.78, 5) is 12.3. The second-order valence-corrected chi connectivity index (χ2v) is 5.36. The number of nitrogens with one attached hydrogen (secondary N) is 1. The van der Waals surface area contributed by atoms with Gasteiger partial charge in [-0.05, 0) is 55.7 Å². The summed E-state index contributed by atoms with van der Waals surface area (Å²) >= 11 is 0. The van der Waals surface area contributed by atoms with Crippen LogP contribution >= 0.6 is 0 Å². The van der Waals surface area contributed by atoms with E-state index in [9.17, 15) is 4.79 Å². The van der Waals surface area contributed by atoms with Gasteiger partial charge in [-0.15, -0.1) is 0 Å². The zero-order valence-electron chi connectivity index (χ0n) is 13.2. The summed E-state index contributed by atoms with van der Waals surface area (Å²) < 4.78 is 5.71. The Bertz CT molecular complexity index is 668. The zero-order chi connectivity index (χ0) is 16.1. The van der Waals surface area contributed by atoms with E-state index in [1.165, 1.54) is 5.56 Å². The Labute approximate surface area is 131 Å². The Balaban J connectivity index is 2.04. The van der Waals surface area contributed by atoms with Crippen LogP contribution in [0.1, 0.15) is 23.6 Å². The van der Waals surface area contributed by atoms with Crippen LogP contribution in [0.25, 0.3) is 0 Å². The van der Waals surface area contributed by atoms with Crippen LogP contribution in [0, 0.1) is 13.8 Å². The van der Waals surface area contributed by atoms with E-state index in [1.807, 2.05) is 56.3 Å². The fourth-order valence-electron chi connectivity index (χ4n) is 2.10. The molecule has 0 radical (unpaired) electrons. The van der Waals surface area contributed by atoms with Crippen LogP contribution in [-0.4, -0.2) is 12.0 Å². The molecule has 1 amide bonds. The standard InChI is InChI=1S/C18H22N2O2/c1-12-8-9-16(10-13(12)2)22-14(3)18(21)20-17-7-5-4-6-15(17)11-19/h4-10,14H,11,19H2,1-3H3,(H,20,21). The number of carbonyl (C=O) groups excluding carboxylic acids is 1. The molecule has 4 nitrogen and oxygen atoms in total. The third-order valence-electron chi connectivity index (χ3n) is 3.66. The smallest absolute Gasteiger partial charge is 0.265 e. The number of benzene rings is 2. The molecule has 116 valence electrons. The predicted octanol–water partition coefficient (Wildman–Crippen LogP) is 3.17. The fraction of sp³-hybridized carbons (Fsp3) is 0.278. The first-order valence-corrected chi connectivity index (χ1v) is 7.34. The molecule has 0 saturated carbocycles. The van der Waals surface area contributed by atoms with Crippen LogP contribution in [-0.2, 0) is 11.3 Å². The van der Waals surface area contributed by atoms with Gasteiger partial charge in [-0.25, -0.2) is 0 Å². The van der Waals surface area contributed by atoms with Gasteiger partial charge >= 0.3 is 0 Å². The minimum atomic E-state index is -0.590. The lowest BCUT2D eigenvalue weighted by atomic mass is 10.1. The average molecular weight is 298 g/mol. The molecule has 22 heavy (non-hydrogen) atoms. The van der Waals surface area contributed by atoms with Crippen molar-refractivity contribution in [3.8, 4) is 5.75 Å². The first-order chi connectivity index (χ1) is 10.5. The van der Waals surface area contributed by atoms with E-state index in [-0.39, 0.29) is 5.91 Å². The van der Waals surface area contributed by atoms with Crippen molar-refractivity contribution in [3.63, 3.8) is 0 Å². The van der Waals surface area contributed by atoms with Crippen molar-refractivity contribution in [1.29, 1.82) is 0 Å². The largest absolute Gasteiger partial charge is 0.481 e. The highest BCUT2D eigenvalue weighted by molar-refractivity contribution is 5.94. The Morgan fingerprint density at radius 3 is 2.59 bits per heavy atom. The molecule has 1 unspecified atom stereocenters. The third kappa shape index (κ3) is 3.86. The summed E-state index contributed by atoms with van der Waals surface area (Å²) in [6, 6.07) is 13.3. The highest BCUT2D eigenvalue weighted by Gasteiger charge is 2.16. The first-order valence-electron chi connectivity index (χ1n) is 7.34. The summed E-state index contributed by atoms with van der Waals surface area (Å²) in [5, 5.41) is 2.86. The van der Waals surface area contributed by atoms with Crippen LogP contribution in [0.4, 0.5) is 5.69 Å². The van der Waals surface area contributed by atoms with E-state index in [0.29, 0.717) is 12.3 Å². The first kappa shape index (κ1) is 16.0. The Kier molecular flexibility index (Phi) is 5.17. The Hall–Kier alpha value is -2.33. The maximum Gasteiger partial charge on any atom is 0.265 e. The van der Waals surface area contributed by atoms with Gasteiger partial charge in [0.15, 0.2) is 6.10 Å². The molecule has 0 aliphatic carbocycles. The molecule has 2 aromatic rings. The van der Waals surface area contributed by atoms with Crippen molar-refractivity contribution in [2.75, 3.05) is 5.32 Å². The maximum atomic E-state index is 12.3. The second kappa shape index (κ2) is 7.09. The summed E-state index contributed by atoms with van der Waals surface area (Å²) in [5.74, 6) is 0.497. The molecular formula is C18H22N2O2. The molecule has 0 fully saturated rings. The van der Waals surface area contributed by atoms with E-state index < -0.39 is 6.10 Å². The monoisotopic (exact) mass is 298 g/mol. The van der Waals surface area contributed by atoms with E-state index in [1.54, 1.807) is 6.92 Å². The number of aryl methyl sites for hydroxylation is 2. The highest BCUT2D eigenvalue weighted by Crippen LogP contribution is 2.19. The molecule has 0 aromatic heterocycles. The van der Waals surface area contributed by atoms with Gasteiger partial charge in [0.05, 0.1) is 0 Å². The Morgan fingerprint density at radius 2 is 1.91 bits per heavy atom. The van der Waals surface area contributed by atoms with Crippen molar-refractivity contribution in [2.24, 2.45) is 5.73 Å². The van der Waals surface area contributed by atoms with E-state index in [2.05, 4.69) is 5.32 Å². The molecule has 4 heteroatoms. The van der Waals surface area contributed by atoms with Gasteiger partial charge in [-0.1, -0.05) is 24.3 Å². The van der Waals surface area contributed by atoms with Gasteiger partial charge in [-0.2, -0.15) is 0 Å². The van der Waals surface area contributed by atoms with Crippen LogP contribution in [0.15, 0.2) is 42.5 Å². The molecule has 1 atom stereocenters. The molecule has 0 spiro atoms. The van der Waals surface area contributed by atoms with E-state index in [0.717, 1.165) is 16.8 Å². The van der Waals surface area contributed by atoms with Gasteiger partial charge in [0.1, 0.15) is 5.75 Å². The summed E-state index contributed by atoms with van der Waals surface area (Å²) in [5.41, 5.74) is 9.63. The molecule has 2 aromatic carbocycles. The lowest BCUT2D eigenvalue weighted by Gasteiger charge is -2.16. The van der Waals surface area contributed by atoms with Gasteiger partial charge < -0.3 is 15.8 Å². The normalized spacial score (nSPS) is 11.8. The van der Waals surface area contributed by atoms with Gasteiger partial charge in [0.2, 0.25) is 0 Å². The molecule has 3 N–H and O–H groups in total. The number of amides is 1. The van der Waals surface area contributed by atoms with Crippen molar-refractivity contribution in [3.05, 3.63) is 59.2 Å². The molecule has 0 heterocycles. The second-order valence-electron chi connectivity index (χ2n) is 5.36. The molecule has 0 saturated heterocycles. The Morgan fingerprint density at radius 1 is 1.18 bits per heavy atom. The van der Waals surface area contributed by atoms with Crippen molar-refractivity contribution in [1.82, 2.24) is 0 Å². The predicted molar refractivity (Wildman–Crippen MR) is 89.0 cm³/mol. The minimum Gasteiger partial charge on any atom is -0.481 e. The van der Waals surface area contributed by atoms with Crippen molar-refractivity contribution >= 4 is 11.6 Å². The van der Waals surface area contributed by atoms with Gasteiger partial charge in [-0.3, -0.25) is 4.79 Å². The van der Waals surface area contributed by atoms with Crippen LogP contribution in [0.3, 0.4) is 0 Å². The molecule has 0 aliphatic heterocycles. The van der Waals surface area contributed by atoms with Crippen molar-refractivity contribution in [2.45, 2.75) is 33.4 Å². The van der Waals surface area contributed by atoms with E-state index >= 15 is 0 Å². The highest BCUT2D eigenvalue weighted by atomic mass is 16.5. The summed E-state index contributed by atoms with van der Waals surface area (Å²) in [7, 11) is 0. The van der Waals surface area contributed by atoms with Gasteiger partial charge in [0.25, 0.3) is 5.91 Å². The number of hydrogen-bond acceptors (Lipinski definition) is 3. The minimum absolute atomic E-state index is 0.195. The maximum absolute atomic E-state index is 12.3. The van der Waals surface area contributed by atoms with Crippen molar-refractivity contribution < 1.29 is 9.53 Å². The molecule has 0 bridgehead atoms. The number of nitrogens with two attached hydrogens (primary N) is 1. The van der Waals surface area contributed by atoms with Crippen LogP contribution in [0.5, 0.6) is 5.75 Å². The number of hydrogen-bond donors (Lipinski definition) is 2. The number of ether oxygens (including phenoxy) is 1. The van der Waals surface area contributed by atoms with Crippen LogP contribution in [0.2, 0.25) is 0 Å². The molecule has 2 rings (SSSR count). The summed E-state index contributed by atoms with van der Waals surface area (Å²) in [6.07, 6.45) is -0.590. The fourth-order valence-corrected chi connectivity index (χ4v) is 2.10. The van der Waals surface area contributed by atoms with Crippen LogP contribution < -0.4 is 15.8 Å². The molecular weight excluding hydrogens is 276 g/mol. The lowest BCUT2D eigenvalue weighted by Crippen LogP contribution is -2.30. The average Bonchev–Trinajstić information content (AvgIpc) is 2.51. The number of para-hydroxylation sites is 1.